The van der Waals surface area contributed by atoms with E-state index in [2.05, 4.69) is 39.3 Å². The van der Waals surface area contributed by atoms with Crippen molar-refractivity contribution in [3.05, 3.63) is 18.5 Å². The van der Waals surface area contributed by atoms with E-state index in [1.54, 1.807) is 17.1 Å². The van der Waals surface area contributed by atoms with Crippen molar-refractivity contribution in [3.8, 4) is 5.95 Å². The van der Waals surface area contributed by atoms with Crippen LogP contribution in [-0.2, 0) is 0 Å². The third kappa shape index (κ3) is 2.85. The summed E-state index contributed by atoms with van der Waals surface area (Å²) in [6.07, 6.45) is 5.47. The Hall–Kier alpha value is -2.22. The van der Waals surface area contributed by atoms with Gasteiger partial charge in [0.15, 0.2) is 0 Å². The second-order valence-electron chi connectivity index (χ2n) is 4.44. The first-order chi connectivity index (χ1) is 9.69. The lowest BCUT2D eigenvalue weighted by Gasteiger charge is -2.26. The maximum absolute atomic E-state index is 5.43. The van der Waals surface area contributed by atoms with Crippen LogP contribution in [0.1, 0.15) is 26.7 Å². The van der Waals surface area contributed by atoms with Gasteiger partial charge in [0.2, 0.25) is 11.9 Å². The molecule has 0 bridgehead atoms. The topological polar surface area (TPSA) is 97.8 Å². The van der Waals surface area contributed by atoms with Crippen LogP contribution in [0.2, 0.25) is 0 Å². The number of rotatable bonds is 6. The Morgan fingerprint density at radius 3 is 2.60 bits per heavy atom. The molecule has 0 atom stereocenters. The number of hydrogen-bond acceptors (Lipinski definition) is 7. The van der Waals surface area contributed by atoms with Gasteiger partial charge in [0, 0.05) is 25.5 Å². The molecule has 2 rings (SSSR count). The molecule has 0 spiro atoms. The minimum Gasteiger partial charge on any atom is -0.341 e. The lowest BCUT2D eigenvalue weighted by molar-refractivity contribution is 0.578. The van der Waals surface area contributed by atoms with Crippen LogP contribution in [-0.4, -0.2) is 37.8 Å². The molecule has 0 saturated carbocycles. The molecule has 108 valence electrons. The molecule has 0 amide bonds. The maximum atomic E-state index is 5.43. The number of nitrogen functional groups attached to an aromatic ring is 1. The summed E-state index contributed by atoms with van der Waals surface area (Å²) >= 11 is 0. The van der Waals surface area contributed by atoms with E-state index in [1.807, 2.05) is 18.0 Å². The van der Waals surface area contributed by atoms with Gasteiger partial charge in [-0.1, -0.05) is 13.8 Å². The molecule has 0 unspecified atom stereocenters. The zero-order valence-corrected chi connectivity index (χ0v) is 12.0. The first kappa shape index (κ1) is 14.2. The fourth-order valence-electron chi connectivity index (χ4n) is 2.07. The van der Waals surface area contributed by atoms with Crippen LogP contribution in [0.5, 0.6) is 0 Å². The van der Waals surface area contributed by atoms with Crippen LogP contribution >= 0.6 is 0 Å². The van der Waals surface area contributed by atoms with Crippen molar-refractivity contribution in [2.45, 2.75) is 32.7 Å². The van der Waals surface area contributed by atoms with E-state index >= 15 is 0 Å². The molecule has 2 aromatic heterocycles. The van der Waals surface area contributed by atoms with E-state index in [9.17, 15) is 0 Å². The van der Waals surface area contributed by atoms with Gasteiger partial charge in [0.25, 0.3) is 5.95 Å². The van der Waals surface area contributed by atoms with E-state index in [0.29, 0.717) is 23.9 Å². The third-order valence-electron chi connectivity index (χ3n) is 3.26. The van der Waals surface area contributed by atoms with Crippen LogP contribution < -0.4 is 16.2 Å². The van der Waals surface area contributed by atoms with Crippen molar-refractivity contribution < 1.29 is 0 Å². The molecule has 20 heavy (non-hydrogen) atoms. The van der Waals surface area contributed by atoms with Gasteiger partial charge >= 0.3 is 0 Å². The maximum Gasteiger partial charge on any atom is 0.257 e. The molecule has 3 N–H and O–H groups in total. The van der Waals surface area contributed by atoms with Crippen molar-refractivity contribution in [3.63, 3.8) is 0 Å². The van der Waals surface area contributed by atoms with Gasteiger partial charge in [0.1, 0.15) is 0 Å². The Morgan fingerprint density at radius 2 is 2.05 bits per heavy atom. The molecule has 0 aliphatic carbocycles. The summed E-state index contributed by atoms with van der Waals surface area (Å²) in [5.41, 5.74) is 2.47. The van der Waals surface area contributed by atoms with Crippen molar-refractivity contribution in [1.82, 2.24) is 24.7 Å². The van der Waals surface area contributed by atoms with E-state index in [0.717, 1.165) is 12.8 Å². The van der Waals surface area contributed by atoms with Crippen molar-refractivity contribution in [2.24, 2.45) is 5.84 Å². The first-order valence-corrected chi connectivity index (χ1v) is 6.65. The Balaban J connectivity index is 2.40. The van der Waals surface area contributed by atoms with Crippen LogP contribution in [0, 0.1) is 0 Å². The largest absolute Gasteiger partial charge is 0.341 e. The molecule has 2 heterocycles. The highest BCUT2D eigenvalue weighted by Crippen LogP contribution is 2.16. The first-order valence-electron chi connectivity index (χ1n) is 6.65. The summed E-state index contributed by atoms with van der Waals surface area (Å²) in [7, 11) is 1.97. The van der Waals surface area contributed by atoms with Gasteiger partial charge in [0.05, 0.1) is 0 Å². The van der Waals surface area contributed by atoms with E-state index in [1.165, 1.54) is 0 Å². The standard InChI is InChI=1S/C12H20N8/c1-4-9(5-2)19(3)11-15-10(18-13)16-12(17-11)20-8-6-7-14-20/h6-9H,4-5,13H2,1-3H3,(H,15,16,17,18). The van der Waals surface area contributed by atoms with E-state index in [-0.39, 0.29) is 0 Å². The summed E-state index contributed by atoms with van der Waals surface area (Å²) in [5.74, 6) is 6.76. The second kappa shape index (κ2) is 6.29. The fourth-order valence-corrected chi connectivity index (χ4v) is 2.07. The molecule has 0 aliphatic rings. The zero-order valence-electron chi connectivity index (χ0n) is 12.0. The number of nitrogens with one attached hydrogen (secondary N) is 1. The molecule has 0 fully saturated rings. The summed E-state index contributed by atoms with van der Waals surface area (Å²) in [5, 5.41) is 4.12. The lowest BCUT2D eigenvalue weighted by atomic mass is 10.1. The molecular weight excluding hydrogens is 256 g/mol. The van der Waals surface area contributed by atoms with Crippen LogP contribution in [0.15, 0.2) is 18.5 Å². The highest BCUT2D eigenvalue weighted by atomic mass is 15.4. The summed E-state index contributed by atoms with van der Waals surface area (Å²) in [6, 6.07) is 2.18. The van der Waals surface area contributed by atoms with Crippen molar-refractivity contribution in [2.75, 3.05) is 17.4 Å². The Kier molecular flexibility index (Phi) is 4.46. The molecule has 0 radical (unpaired) electrons. The second-order valence-corrected chi connectivity index (χ2v) is 4.44. The zero-order chi connectivity index (χ0) is 14.5. The number of aromatic nitrogens is 5. The smallest absolute Gasteiger partial charge is 0.257 e. The molecule has 0 aliphatic heterocycles. The number of anilines is 2. The van der Waals surface area contributed by atoms with Crippen LogP contribution in [0.3, 0.4) is 0 Å². The van der Waals surface area contributed by atoms with Gasteiger partial charge in [-0.3, -0.25) is 5.43 Å². The van der Waals surface area contributed by atoms with Gasteiger partial charge in [-0.15, -0.1) is 0 Å². The molecule has 8 nitrogen and oxygen atoms in total. The van der Waals surface area contributed by atoms with Gasteiger partial charge in [-0.25, -0.2) is 10.5 Å². The van der Waals surface area contributed by atoms with Gasteiger partial charge in [-0.05, 0) is 18.9 Å². The molecular formula is C12H20N8. The average molecular weight is 276 g/mol. The average Bonchev–Trinajstić information content (AvgIpc) is 3.02. The van der Waals surface area contributed by atoms with Crippen LogP contribution in [0.25, 0.3) is 5.95 Å². The summed E-state index contributed by atoms with van der Waals surface area (Å²) in [6.45, 7) is 4.28. The summed E-state index contributed by atoms with van der Waals surface area (Å²) in [4.78, 5) is 15.0. The van der Waals surface area contributed by atoms with E-state index in [4.69, 9.17) is 5.84 Å². The minimum atomic E-state index is 0.318. The Bertz CT molecular complexity index is 534. The molecule has 8 heteroatoms. The normalized spacial score (nSPS) is 10.8. The molecule has 0 saturated heterocycles. The lowest BCUT2D eigenvalue weighted by Crippen LogP contribution is -2.32. The Labute approximate surface area is 118 Å². The molecule has 2 aromatic rings. The third-order valence-corrected chi connectivity index (χ3v) is 3.26. The molecule has 0 aromatic carbocycles. The number of hydrazine groups is 1. The monoisotopic (exact) mass is 276 g/mol. The van der Waals surface area contributed by atoms with E-state index < -0.39 is 0 Å². The predicted molar refractivity (Wildman–Crippen MR) is 77.5 cm³/mol. The quantitative estimate of drug-likeness (QED) is 0.599. The van der Waals surface area contributed by atoms with Gasteiger partial charge in [-0.2, -0.15) is 20.1 Å². The van der Waals surface area contributed by atoms with Crippen LogP contribution in [0.4, 0.5) is 11.9 Å². The summed E-state index contributed by atoms with van der Waals surface area (Å²) < 4.78 is 1.58. The SMILES string of the molecule is CCC(CC)N(C)c1nc(NN)nc(-n2cccn2)n1. The van der Waals surface area contributed by atoms with Crippen molar-refractivity contribution in [1.29, 1.82) is 0 Å². The predicted octanol–water partition coefficient (Wildman–Crippen LogP) is 0.968. The number of nitrogens with zero attached hydrogens (tertiary/aromatic N) is 6. The highest BCUT2D eigenvalue weighted by Gasteiger charge is 2.16. The Morgan fingerprint density at radius 1 is 1.30 bits per heavy atom. The highest BCUT2D eigenvalue weighted by molar-refractivity contribution is 5.39. The van der Waals surface area contributed by atoms with Crippen molar-refractivity contribution >= 4 is 11.9 Å². The van der Waals surface area contributed by atoms with Gasteiger partial charge < -0.3 is 4.90 Å². The number of nitrogens with two attached hydrogens (primary N) is 1. The minimum absolute atomic E-state index is 0.318. The fraction of sp³-hybridized carbons (Fsp3) is 0.500. The number of hydrogen-bond donors (Lipinski definition) is 2.